The van der Waals surface area contributed by atoms with Crippen molar-refractivity contribution in [3.8, 4) is 17.0 Å². The molecular weight excluding hydrogens is 518 g/mol. The summed E-state index contributed by atoms with van der Waals surface area (Å²) in [4.78, 5) is 34.0. The minimum absolute atomic E-state index is 0.0732. The van der Waals surface area contributed by atoms with Gasteiger partial charge in [-0.25, -0.2) is 4.98 Å². The van der Waals surface area contributed by atoms with Gasteiger partial charge in [-0.1, -0.05) is 37.6 Å². The van der Waals surface area contributed by atoms with Gasteiger partial charge >= 0.3 is 0 Å². The second-order valence-electron chi connectivity index (χ2n) is 10.5. The number of allylic oxidation sites excluding steroid dienone is 1. The van der Waals surface area contributed by atoms with Crippen molar-refractivity contribution in [2.75, 3.05) is 25.5 Å². The highest BCUT2D eigenvalue weighted by atomic mass is 16.5. The van der Waals surface area contributed by atoms with Crippen LogP contribution in [0.1, 0.15) is 66.4 Å². The maximum Gasteiger partial charge on any atom is 0.253 e. The molecule has 0 bridgehead atoms. The summed E-state index contributed by atoms with van der Waals surface area (Å²) < 4.78 is 5.81. The summed E-state index contributed by atoms with van der Waals surface area (Å²) in [5, 5.41) is 19.3. The van der Waals surface area contributed by atoms with Gasteiger partial charge in [0.1, 0.15) is 24.3 Å². The molecule has 0 aliphatic carbocycles. The number of carbonyl (C=O) groups is 1. The van der Waals surface area contributed by atoms with E-state index in [2.05, 4.69) is 27.9 Å². The van der Waals surface area contributed by atoms with Crippen molar-refractivity contribution in [3.05, 3.63) is 80.8 Å². The molecule has 1 atom stereocenters. The molecule has 0 spiro atoms. The van der Waals surface area contributed by atoms with Gasteiger partial charge in [-0.3, -0.25) is 9.59 Å². The van der Waals surface area contributed by atoms with Gasteiger partial charge in [-0.15, -0.1) is 0 Å². The quantitative estimate of drug-likeness (QED) is 0.195. The Kier molecular flexibility index (Phi) is 11.7. The molecule has 2 heterocycles. The van der Waals surface area contributed by atoms with Crippen LogP contribution in [0.5, 0.6) is 5.75 Å². The summed E-state index contributed by atoms with van der Waals surface area (Å²) in [7, 11) is 1.77. The summed E-state index contributed by atoms with van der Waals surface area (Å²) in [6.45, 7) is 10.5. The molecule has 2 aromatic heterocycles. The van der Waals surface area contributed by atoms with Gasteiger partial charge in [0.25, 0.3) is 11.5 Å². The van der Waals surface area contributed by atoms with Crippen LogP contribution in [0.2, 0.25) is 0 Å². The average molecular weight is 562 g/mol. The van der Waals surface area contributed by atoms with Crippen molar-refractivity contribution in [2.45, 2.75) is 66.2 Å². The average Bonchev–Trinajstić information content (AvgIpc) is 2.92. The van der Waals surface area contributed by atoms with Crippen molar-refractivity contribution in [1.82, 2.24) is 20.6 Å². The van der Waals surface area contributed by atoms with Gasteiger partial charge in [0.2, 0.25) is 0 Å². The first-order valence-electron chi connectivity index (χ1n) is 14.1. The lowest BCUT2D eigenvalue weighted by Crippen LogP contribution is -2.29. The van der Waals surface area contributed by atoms with Crippen molar-refractivity contribution in [3.63, 3.8) is 0 Å². The molecule has 1 unspecified atom stereocenters. The molecule has 9 heteroatoms. The topological polar surface area (TPSA) is 128 Å². The van der Waals surface area contributed by atoms with E-state index in [1.165, 1.54) is 0 Å². The third kappa shape index (κ3) is 9.03. The number of aliphatic hydroxyl groups is 1. The van der Waals surface area contributed by atoms with E-state index >= 15 is 0 Å². The number of rotatable bonds is 14. The highest BCUT2D eigenvalue weighted by Gasteiger charge is 2.19. The molecule has 5 N–H and O–H groups in total. The lowest BCUT2D eigenvalue weighted by Gasteiger charge is -2.18. The van der Waals surface area contributed by atoms with Crippen molar-refractivity contribution in [1.29, 1.82) is 0 Å². The summed E-state index contributed by atoms with van der Waals surface area (Å²) >= 11 is 0. The number of aromatic nitrogens is 2. The van der Waals surface area contributed by atoms with Gasteiger partial charge in [-0.05, 0) is 71.0 Å². The Balaban J connectivity index is 2.04. The molecule has 0 fully saturated rings. The zero-order valence-corrected chi connectivity index (χ0v) is 24.9. The molecule has 9 nitrogen and oxygen atoms in total. The van der Waals surface area contributed by atoms with E-state index in [1.807, 2.05) is 70.2 Å². The third-order valence-electron chi connectivity index (χ3n) is 6.40. The van der Waals surface area contributed by atoms with Crippen molar-refractivity contribution in [2.24, 2.45) is 0 Å². The fourth-order valence-electron chi connectivity index (χ4n) is 4.41. The molecule has 0 aliphatic heterocycles. The zero-order chi connectivity index (χ0) is 29.9. The minimum Gasteiger partial charge on any atom is -0.491 e. The number of hydrogen-bond acceptors (Lipinski definition) is 7. The number of aliphatic hydroxyl groups excluding tert-OH is 1. The Morgan fingerprint density at radius 1 is 1.20 bits per heavy atom. The number of pyridine rings is 2. The number of H-pyrrole nitrogens is 1. The number of aromatic amines is 1. The number of benzene rings is 1. The predicted octanol–water partition coefficient (Wildman–Crippen LogP) is 4.58. The van der Waals surface area contributed by atoms with Crippen LogP contribution in [0.15, 0.2) is 47.3 Å². The fraction of sp³-hybridized carbons (Fsp3) is 0.406. The highest BCUT2D eigenvalue weighted by molar-refractivity contribution is 6.00. The molecule has 1 aromatic carbocycles. The monoisotopic (exact) mass is 561 g/mol. The summed E-state index contributed by atoms with van der Waals surface area (Å²) in [6, 6.07) is 11.2. The van der Waals surface area contributed by atoms with Gasteiger partial charge < -0.3 is 30.8 Å². The van der Waals surface area contributed by atoms with Gasteiger partial charge in [0, 0.05) is 41.5 Å². The molecule has 0 saturated carbocycles. The molecular formula is C32H43N5O4. The van der Waals surface area contributed by atoms with E-state index in [4.69, 9.17) is 9.72 Å². The lowest BCUT2D eigenvalue weighted by atomic mass is 10.0. The summed E-state index contributed by atoms with van der Waals surface area (Å²) in [5.41, 5.74) is 4.40. The van der Waals surface area contributed by atoms with Crippen LogP contribution in [0.3, 0.4) is 0 Å². The number of anilines is 1. The molecule has 3 rings (SSSR count). The number of aryl methyl sites for hydroxylation is 2. The van der Waals surface area contributed by atoms with Gasteiger partial charge in [-0.2, -0.15) is 0 Å². The SMILES string of the molecule is CCC/C=C\c1c(C(=O)NCc2c(C)cc(C)[nH]c2=O)cc(-c2cccc(OCC(O)CNC)c2)nc1NC(C)C. The first kappa shape index (κ1) is 31.6. The standard InChI is InChI=1S/C32H43N5O4/c1-7-8-9-13-26-27(31(39)34-18-28-21(4)14-22(5)36-32(28)40)16-29(37-30(26)35-20(2)3)23-11-10-12-25(15-23)41-19-24(38)17-33-6/h9-16,20,24,33,38H,7-8,17-19H2,1-6H3,(H,34,39)(H,35,37)(H,36,40)/b13-9-. The van der Waals surface area contributed by atoms with E-state index in [-0.39, 0.29) is 30.7 Å². The maximum atomic E-state index is 13.7. The van der Waals surface area contributed by atoms with Crippen LogP contribution in [0, 0.1) is 13.8 Å². The van der Waals surface area contributed by atoms with E-state index < -0.39 is 6.10 Å². The normalized spacial score (nSPS) is 12.1. The molecule has 1 amide bonds. The molecule has 0 radical (unpaired) electrons. The second-order valence-corrected chi connectivity index (χ2v) is 10.5. The number of ether oxygens (including phenoxy) is 1. The molecule has 3 aromatic rings. The predicted molar refractivity (Wildman–Crippen MR) is 166 cm³/mol. The van der Waals surface area contributed by atoms with Crippen LogP contribution in [-0.2, 0) is 6.54 Å². The number of amides is 1. The fourth-order valence-corrected chi connectivity index (χ4v) is 4.41. The molecule has 220 valence electrons. The van der Waals surface area contributed by atoms with Crippen LogP contribution in [0.25, 0.3) is 17.3 Å². The third-order valence-corrected chi connectivity index (χ3v) is 6.40. The number of likely N-dealkylation sites (N-methyl/N-ethyl adjacent to an activating group) is 1. The van der Waals surface area contributed by atoms with Gasteiger partial charge in [0.15, 0.2) is 0 Å². The first-order chi connectivity index (χ1) is 19.6. The number of nitrogens with zero attached hydrogens (tertiary/aromatic N) is 1. The molecule has 0 saturated heterocycles. The number of hydrogen-bond donors (Lipinski definition) is 5. The number of unbranched alkanes of at least 4 members (excludes halogenated alkanes) is 1. The Labute approximate surface area is 242 Å². The van der Waals surface area contributed by atoms with Crippen LogP contribution >= 0.6 is 0 Å². The van der Waals surface area contributed by atoms with Crippen molar-refractivity contribution < 1.29 is 14.6 Å². The van der Waals surface area contributed by atoms with Crippen LogP contribution in [0.4, 0.5) is 5.82 Å². The Morgan fingerprint density at radius 3 is 2.66 bits per heavy atom. The smallest absolute Gasteiger partial charge is 0.253 e. The van der Waals surface area contributed by atoms with E-state index in [9.17, 15) is 14.7 Å². The number of nitrogens with one attached hydrogen (secondary N) is 4. The summed E-state index contributed by atoms with van der Waals surface area (Å²) in [6.07, 6.45) is 5.17. The minimum atomic E-state index is -0.641. The Morgan fingerprint density at radius 2 is 1.98 bits per heavy atom. The van der Waals surface area contributed by atoms with E-state index in [1.54, 1.807) is 13.1 Å². The lowest BCUT2D eigenvalue weighted by molar-refractivity contribution is 0.0950. The molecule has 41 heavy (non-hydrogen) atoms. The maximum absolute atomic E-state index is 13.7. The summed E-state index contributed by atoms with van der Waals surface area (Å²) in [5.74, 6) is 0.874. The van der Waals surface area contributed by atoms with Gasteiger partial charge in [0.05, 0.1) is 11.3 Å². The van der Waals surface area contributed by atoms with E-state index in [0.717, 1.165) is 29.7 Å². The van der Waals surface area contributed by atoms with Crippen molar-refractivity contribution >= 4 is 17.8 Å². The highest BCUT2D eigenvalue weighted by Crippen LogP contribution is 2.30. The first-order valence-corrected chi connectivity index (χ1v) is 14.1. The second kappa shape index (κ2) is 15.2. The Bertz CT molecular complexity index is 1410. The Hall–Kier alpha value is -3.95. The van der Waals surface area contributed by atoms with Crippen LogP contribution in [-0.4, -0.2) is 53.3 Å². The van der Waals surface area contributed by atoms with E-state index in [0.29, 0.717) is 40.5 Å². The van der Waals surface area contributed by atoms with Crippen LogP contribution < -0.4 is 26.2 Å². The zero-order valence-electron chi connectivity index (χ0n) is 24.9. The largest absolute Gasteiger partial charge is 0.491 e. The molecule has 0 aliphatic rings. The number of carbonyl (C=O) groups excluding carboxylic acids is 1.